The number of hydrogen-bond acceptors (Lipinski definition) is 3. The van der Waals surface area contributed by atoms with Crippen LogP contribution in [0.2, 0.25) is 0 Å². The average molecular weight is 286 g/mol. The molecule has 21 heavy (non-hydrogen) atoms. The van der Waals surface area contributed by atoms with Crippen LogP contribution < -0.4 is 10.2 Å². The fourth-order valence-electron chi connectivity index (χ4n) is 2.39. The van der Waals surface area contributed by atoms with Crippen molar-refractivity contribution in [1.82, 2.24) is 10.2 Å². The van der Waals surface area contributed by atoms with Gasteiger partial charge < -0.3 is 15.1 Å². The number of nitriles is 1. The highest BCUT2D eigenvalue weighted by Crippen LogP contribution is 2.21. The monoisotopic (exact) mass is 286 g/mol. The van der Waals surface area contributed by atoms with Crippen LogP contribution >= 0.6 is 0 Å². The van der Waals surface area contributed by atoms with Crippen molar-refractivity contribution in [3.05, 3.63) is 29.8 Å². The summed E-state index contributed by atoms with van der Waals surface area (Å²) in [5.74, 6) is 0. The molecule has 1 aliphatic rings. The molecule has 1 aromatic carbocycles. The van der Waals surface area contributed by atoms with Gasteiger partial charge >= 0.3 is 6.03 Å². The van der Waals surface area contributed by atoms with Crippen LogP contribution in [0.4, 0.5) is 10.5 Å². The maximum atomic E-state index is 12.1. The van der Waals surface area contributed by atoms with E-state index in [0.717, 1.165) is 18.8 Å². The van der Waals surface area contributed by atoms with Crippen LogP contribution in [-0.2, 0) is 0 Å². The van der Waals surface area contributed by atoms with Gasteiger partial charge in [-0.1, -0.05) is 12.1 Å². The zero-order valence-corrected chi connectivity index (χ0v) is 12.9. The third-order valence-corrected chi connectivity index (χ3v) is 3.41. The Bertz CT molecular complexity index is 548. The van der Waals surface area contributed by atoms with Gasteiger partial charge in [-0.3, -0.25) is 0 Å². The van der Waals surface area contributed by atoms with Crippen molar-refractivity contribution in [1.29, 1.82) is 5.26 Å². The van der Waals surface area contributed by atoms with Crippen LogP contribution in [0.15, 0.2) is 24.3 Å². The molecule has 2 rings (SSSR count). The van der Waals surface area contributed by atoms with Crippen LogP contribution in [0.25, 0.3) is 0 Å². The minimum absolute atomic E-state index is 0.0179. The molecular formula is C16H22N4O. The molecule has 1 aromatic rings. The second-order valence-corrected chi connectivity index (χ2v) is 6.28. The summed E-state index contributed by atoms with van der Waals surface area (Å²) in [4.78, 5) is 16.1. The highest BCUT2D eigenvalue weighted by atomic mass is 16.2. The second kappa shape index (κ2) is 6.04. The number of carbonyl (C=O) groups excluding carboxylic acids is 1. The molecule has 0 aromatic heterocycles. The molecule has 1 heterocycles. The molecule has 1 aliphatic heterocycles. The maximum absolute atomic E-state index is 12.1. The first-order chi connectivity index (χ1) is 9.90. The lowest BCUT2D eigenvalue weighted by Crippen LogP contribution is -2.55. The van der Waals surface area contributed by atoms with Crippen molar-refractivity contribution in [3.8, 4) is 6.07 Å². The van der Waals surface area contributed by atoms with Gasteiger partial charge in [-0.25, -0.2) is 4.79 Å². The summed E-state index contributed by atoms with van der Waals surface area (Å²) in [6.45, 7) is 8.76. The average Bonchev–Trinajstić information content (AvgIpc) is 2.45. The molecule has 112 valence electrons. The van der Waals surface area contributed by atoms with E-state index < -0.39 is 0 Å². The molecule has 0 unspecified atom stereocenters. The van der Waals surface area contributed by atoms with E-state index in [-0.39, 0.29) is 11.6 Å². The van der Waals surface area contributed by atoms with Gasteiger partial charge in [-0.05, 0) is 32.9 Å². The van der Waals surface area contributed by atoms with E-state index in [0.29, 0.717) is 18.7 Å². The van der Waals surface area contributed by atoms with Gasteiger partial charge in [0, 0.05) is 31.7 Å². The molecule has 2 amide bonds. The molecule has 5 nitrogen and oxygen atoms in total. The summed E-state index contributed by atoms with van der Waals surface area (Å²) in [5.41, 5.74) is 1.42. The second-order valence-electron chi connectivity index (χ2n) is 6.28. The van der Waals surface area contributed by atoms with Crippen molar-refractivity contribution in [3.63, 3.8) is 0 Å². The molecule has 0 atom stereocenters. The Morgan fingerprint density at radius 2 is 1.81 bits per heavy atom. The lowest BCUT2D eigenvalue weighted by Gasteiger charge is -2.37. The molecule has 5 heteroatoms. The Labute approximate surface area is 126 Å². The largest absolute Gasteiger partial charge is 0.367 e. The third kappa shape index (κ3) is 3.88. The van der Waals surface area contributed by atoms with Crippen LogP contribution in [0.1, 0.15) is 26.3 Å². The lowest BCUT2D eigenvalue weighted by molar-refractivity contribution is 0.185. The van der Waals surface area contributed by atoms with Crippen LogP contribution in [0.5, 0.6) is 0 Å². The Hall–Kier alpha value is -2.22. The summed E-state index contributed by atoms with van der Waals surface area (Å²) in [7, 11) is 0. The van der Waals surface area contributed by atoms with Gasteiger partial charge in [0.05, 0.1) is 11.3 Å². The van der Waals surface area contributed by atoms with Gasteiger partial charge in [0.1, 0.15) is 6.07 Å². The number of para-hydroxylation sites is 1. The Morgan fingerprint density at radius 3 is 2.38 bits per heavy atom. The number of carbonyl (C=O) groups is 1. The molecule has 0 bridgehead atoms. The minimum Gasteiger partial charge on any atom is -0.367 e. The van der Waals surface area contributed by atoms with Crippen LogP contribution in [0, 0.1) is 11.3 Å². The number of urea groups is 1. The predicted octanol–water partition coefficient (Wildman–Crippen LogP) is 2.19. The summed E-state index contributed by atoms with van der Waals surface area (Å²) < 4.78 is 0. The normalized spacial score (nSPS) is 15.5. The number of rotatable bonds is 1. The van der Waals surface area contributed by atoms with Crippen molar-refractivity contribution in [2.75, 3.05) is 31.1 Å². The molecule has 1 fully saturated rings. The molecule has 1 saturated heterocycles. The Kier molecular flexibility index (Phi) is 4.37. The molecule has 0 saturated carbocycles. The first-order valence-electron chi connectivity index (χ1n) is 7.22. The SMILES string of the molecule is CC(C)(C)NC(=O)N1CCN(c2ccccc2C#N)CC1. The van der Waals surface area contributed by atoms with E-state index in [1.165, 1.54) is 0 Å². The number of anilines is 1. The zero-order chi connectivity index (χ0) is 15.5. The fraction of sp³-hybridized carbons (Fsp3) is 0.500. The maximum Gasteiger partial charge on any atom is 0.317 e. The van der Waals surface area contributed by atoms with E-state index in [1.54, 1.807) is 0 Å². The first-order valence-corrected chi connectivity index (χ1v) is 7.22. The standard InChI is InChI=1S/C16H22N4O/c1-16(2,3)18-15(21)20-10-8-19(9-11-20)14-7-5-4-6-13(14)12-17/h4-7H,8-11H2,1-3H3,(H,18,21). The van der Waals surface area contributed by atoms with Crippen molar-refractivity contribution >= 4 is 11.7 Å². The van der Waals surface area contributed by atoms with Crippen LogP contribution in [-0.4, -0.2) is 42.6 Å². The van der Waals surface area contributed by atoms with Gasteiger partial charge in [0.25, 0.3) is 0 Å². The van der Waals surface area contributed by atoms with E-state index in [9.17, 15) is 4.79 Å². The Balaban J connectivity index is 1.98. The summed E-state index contributed by atoms with van der Waals surface area (Å²) in [6, 6.07) is 9.80. The highest BCUT2D eigenvalue weighted by molar-refractivity contribution is 5.75. The molecule has 1 N–H and O–H groups in total. The first kappa shape index (κ1) is 15.2. The predicted molar refractivity (Wildman–Crippen MR) is 83.2 cm³/mol. The van der Waals surface area contributed by atoms with E-state index in [2.05, 4.69) is 16.3 Å². The number of piperazine rings is 1. The number of nitrogens with zero attached hydrogens (tertiary/aromatic N) is 3. The lowest BCUT2D eigenvalue weighted by atomic mass is 10.1. The quantitative estimate of drug-likeness (QED) is 0.861. The van der Waals surface area contributed by atoms with Gasteiger partial charge in [0.2, 0.25) is 0 Å². The smallest absolute Gasteiger partial charge is 0.317 e. The molecule has 0 radical (unpaired) electrons. The topological polar surface area (TPSA) is 59.4 Å². The summed E-state index contributed by atoms with van der Waals surface area (Å²) in [6.07, 6.45) is 0. The van der Waals surface area contributed by atoms with Crippen molar-refractivity contribution < 1.29 is 4.79 Å². The molecule has 0 spiro atoms. The van der Waals surface area contributed by atoms with E-state index >= 15 is 0 Å². The summed E-state index contributed by atoms with van der Waals surface area (Å²) in [5, 5.41) is 12.1. The fourth-order valence-corrected chi connectivity index (χ4v) is 2.39. The summed E-state index contributed by atoms with van der Waals surface area (Å²) >= 11 is 0. The number of hydrogen-bond donors (Lipinski definition) is 1. The highest BCUT2D eigenvalue weighted by Gasteiger charge is 2.24. The van der Waals surface area contributed by atoms with Gasteiger partial charge in [0.15, 0.2) is 0 Å². The molecule has 0 aliphatic carbocycles. The Morgan fingerprint density at radius 1 is 1.19 bits per heavy atom. The molecular weight excluding hydrogens is 264 g/mol. The number of benzene rings is 1. The van der Waals surface area contributed by atoms with E-state index in [4.69, 9.17) is 5.26 Å². The van der Waals surface area contributed by atoms with Gasteiger partial charge in [-0.2, -0.15) is 5.26 Å². The van der Waals surface area contributed by atoms with Crippen molar-refractivity contribution in [2.24, 2.45) is 0 Å². The number of amides is 2. The third-order valence-electron chi connectivity index (χ3n) is 3.41. The van der Waals surface area contributed by atoms with E-state index in [1.807, 2.05) is 49.9 Å². The number of nitrogens with one attached hydrogen (secondary N) is 1. The van der Waals surface area contributed by atoms with Crippen LogP contribution in [0.3, 0.4) is 0 Å². The van der Waals surface area contributed by atoms with Crippen molar-refractivity contribution in [2.45, 2.75) is 26.3 Å². The van der Waals surface area contributed by atoms with Gasteiger partial charge in [-0.15, -0.1) is 0 Å². The minimum atomic E-state index is -0.221. The zero-order valence-electron chi connectivity index (χ0n) is 12.9.